The van der Waals surface area contributed by atoms with Crippen LogP contribution in [0.1, 0.15) is 203 Å². The molecule has 12 heteroatoms. The van der Waals surface area contributed by atoms with Crippen molar-refractivity contribution in [2.24, 2.45) is 0 Å². The Kier molecular flexibility index (Phi) is 30.3. The van der Waals surface area contributed by atoms with Crippen LogP contribution in [0, 0.1) is 13.8 Å². The van der Waals surface area contributed by atoms with E-state index in [2.05, 4.69) is 39.8 Å². The molecule has 2 rings (SSSR count). The molecule has 4 atom stereocenters. The number of furan rings is 1. The lowest BCUT2D eigenvalue weighted by Gasteiger charge is -2.28. The van der Waals surface area contributed by atoms with Gasteiger partial charge in [-0.25, -0.2) is 0 Å². The van der Waals surface area contributed by atoms with Gasteiger partial charge in [0, 0.05) is 25.7 Å². The minimum absolute atomic E-state index is 0.0405. The second-order valence-electron chi connectivity index (χ2n) is 18.8. The number of carbonyl (C=O) groups is 2. The summed E-state index contributed by atoms with van der Waals surface area (Å²) in [5.41, 5.74) is 2.69. The molecule has 1 fully saturated rings. The van der Waals surface area contributed by atoms with Gasteiger partial charge >= 0.3 is 11.9 Å². The van der Waals surface area contributed by atoms with Crippen LogP contribution >= 0.6 is 7.82 Å². The number of nitrogens with zero attached hydrogens (tertiary/aromatic N) is 1. The van der Waals surface area contributed by atoms with Gasteiger partial charge in [0.25, 0.3) is 7.82 Å². The summed E-state index contributed by atoms with van der Waals surface area (Å²) in [6, 6.07) is 0. The van der Waals surface area contributed by atoms with Crippen molar-refractivity contribution in [3.8, 4) is 0 Å². The lowest BCUT2D eigenvalue weighted by molar-refractivity contribution is -0.870. The predicted octanol–water partition coefficient (Wildman–Crippen LogP) is 12.2. The Hall–Kier alpha value is -2.01. The summed E-state index contributed by atoms with van der Waals surface area (Å²) in [6.45, 7) is 8.53. The summed E-state index contributed by atoms with van der Waals surface area (Å²) in [5.74, 6) is 1.51. The highest BCUT2D eigenvalue weighted by molar-refractivity contribution is 7.45. The molecule has 360 valence electrons. The van der Waals surface area contributed by atoms with Gasteiger partial charge < -0.3 is 37.1 Å². The van der Waals surface area contributed by atoms with Crippen LogP contribution in [0.2, 0.25) is 0 Å². The van der Waals surface area contributed by atoms with Crippen LogP contribution in [0.25, 0.3) is 0 Å². The molecule has 1 saturated heterocycles. The second kappa shape index (κ2) is 33.5. The van der Waals surface area contributed by atoms with Crippen LogP contribution in [-0.4, -0.2) is 82.2 Å². The van der Waals surface area contributed by atoms with Gasteiger partial charge in [0.05, 0.1) is 40.0 Å². The fourth-order valence-corrected chi connectivity index (χ4v) is 8.33. The maximum absolute atomic E-state index is 12.8. The zero-order chi connectivity index (χ0) is 45.5. The average molecular weight is 896 g/mol. The quantitative estimate of drug-likeness (QED) is 0.0156. The van der Waals surface area contributed by atoms with E-state index in [0.717, 1.165) is 77.0 Å². The first-order valence-electron chi connectivity index (χ1n) is 24.9. The van der Waals surface area contributed by atoms with Crippen LogP contribution in [-0.2, 0) is 50.3 Å². The highest BCUT2D eigenvalue weighted by atomic mass is 31.2. The Morgan fingerprint density at radius 1 is 0.677 bits per heavy atom. The highest BCUT2D eigenvalue weighted by Crippen LogP contribution is 2.38. The third-order valence-corrected chi connectivity index (χ3v) is 12.9. The molecule has 11 nitrogen and oxygen atoms in total. The van der Waals surface area contributed by atoms with Crippen molar-refractivity contribution in [3.63, 3.8) is 0 Å². The summed E-state index contributed by atoms with van der Waals surface area (Å²) < 4.78 is 46.1. The molecule has 1 aromatic heterocycles. The molecule has 62 heavy (non-hydrogen) atoms. The smallest absolute Gasteiger partial charge is 0.306 e. The number of ether oxygens (including phenoxy) is 3. The number of unbranched alkanes of at least 4 members (excludes halogenated alkanes) is 18. The maximum atomic E-state index is 12.8. The number of esters is 2. The number of likely N-dealkylation sites (N-methyl/N-ethyl adjacent to an activating group) is 1. The number of hydrogen-bond donors (Lipinski definition) is 0. The molecule has 1 aliphatic rings. The topological polar surface area (TPSA) is 137 Å². The van der Waals surface area contributed by atoms with E-state index in [1.165, 1.54) is 99.7 Å². The van der Waals surface area contributed by atoms with Gasteiger partial charge in [0.15, 0.2) is 6.10 Å². The molecular formula is C50H90NO10P. The lowest BCUT2D eigenvalue weighted by atomic mass is 10.0. The van der Waals surface area contributed by atoms with Gasteiger partial charge in [0.2, 0.25) is 0 Å². The second-order valence-corrected chi connectivity index (χ2v) is 20.2. The van der Waals surface area contributed by atoms with E-state index in [4.69, 9.17) is 27.7 Å². The van der Waals surface area contributed by atoms with Crippen LogP contribution in [0.15, 0.2) is 16.6 Å². The van der Waals surface area contributed by atoms with E-state index in [1.807, 2.05) is 21.1 Å². The monoisotopic (exact) mass is 896 g/mol. The van der Waals surface area contributed by atoms with E-state index in [1.54, 1.807) is 0 Å². The number of quaternary nitrogens is 1. The van der Waals surface area contributed by atoms with Crippen LogP contribution in [0.3, 0.4) is 0 Å². The Bertz CT molecular complexity index is 1400. The third kappa shape index (κ3) is 28.7. The molecule has 3 unspecified atom stereocenters. The standard InChI is InChI=1S/C50H90NO10P/c1-8-10-12-13-21-28-34-47-48(61-47)35-29-23-20-25-31-37-50(53)59-44(41-58-62(54,55)57-39-38-51(5,6)7)40-56-49(52)36-30-24-19-17-15-14-16-18-22-27-33-46-43(4)42(3)45(60-46)32-26-11-9-2/h21,28,44,47-48H,8-20,22-27,29-41H2,1-7H3/b28-21-/t44-,47?,48?/m1/s1. The molecule has 2 heterocycles. The van der Waals surface area contributed by atoms with Crippen molar-refractivity contribution >= 4 is 19.8 Å². The Morgan fingerprint density at radius 2 is 1.21 bits per heavy atom. The third-order valence-electron chi connectivity index (χ3n) is 11.9. The van der Waals surface area contributed by atoms with E-state index in [0.29, 0.717) is 36.1 Å². The van der Waals surface area contributed by atoms with Gasteiger partial charge in [-0.1, -0.05) is 129 Å². The number of allylic oxidation sites excluding steroid dienone is 1. The first kappa shape index (κ1) is 56.1. The van der Waals surface area contributed by atoms with Gasteiger partial charge in [-0.3, -0.25) is 14.2 Å². The predicted molar refractivity (Wildman–Crippen MR) is 248 cm³/mol. The summed E-state index contributed by atoms with van der Waals surface area (Å²) in [6.07, 6.45) is 33.5. The van der Waals surface area contributed by atoms with Gasteiger partial charge in [-0.15, -0.1) is 0 Å². The van der Waals surface area contributed by atoms with Crippen LogP contribution in [0.4, 0.5) is 0 Å². The number of phosphoric ester groups is 1. The SMILES string of the molecule is CCCCC/C=C\CC1OC1CCCCCCCC(=O)O[C@H](COC(=O)CCCCCCCCCCCCc1oc(CCCCC)c(C)c1C)COP(=O)([O-])OCC[N+](C)(C)C. The summed E-state index contributed by atoms with van der Waals surface area (Å²) in [5, 5.41) is 0. The zero-order valence-electron chi connectivity index (χ0n) is 40.5. The largest absolute Gasteiger partial charge is 0.756 e. The average Bonchev–Trinajstić information content (AvgIpc) is 3.92. The van der Waals surface area contributed by atoms with Gasteiger partial charge in [0.1, 0.15) is 31.3 Å². The molecule has 1 aliphatic heterocycles. The van der Waals surface area contributed by atoms with Crippen LogP contribution in [0.5, 0.6) is 0 Å². The van der Waals surface area contributed by atoms with Gasteiger partial charge in [-0.2, -0.15) is 0 Å². The van der Waals surface area contributed by atoms with Crippen molar-refractivity contribution in [3.05, 3.63) is 34.8 Å². The maximum Gasteiger partial charge on any atom is 0.306 e. The fourth-order valence-electron chi connectivity index (χ4n) is 7.61. The van der Waals surface area contributed by atoms with Crippen molar-refractivity contribution in [2.45, 2.75) is 226 Å². The van der Waals surface area contributed by atoms with Crippen molar-refractivity contribution in [1.82, 2.24) is 0 Å². The first-order valence-corrected chi connectivity index (χ1v) is 26.3. The Labute approximate surface area is 378 Å². The fraction of sp³-hybridized carbons (Fsp3) is 0.840. The van der Waals surface area contributed by atoms with E-state index < -0.39 is 32.5 Å². The number of rotatable bonds is 41. The van der Waals surface area contributed by atoms with Crippen molar-refractivity contribution in [1.29, 1.82) is 0 Å². The molecule has 0 spiro atoms. The molecule has 0 N–H and O–H groups in total. The number of carbonyl (C=O) groups excluding carboxylic acids is 2. The molecule has 1 aromatic rings. The summed E-state index contributed by atoms with van der Waals surface area (Å²) >= 11 is 0. The van der Waals surface area contributed by atoms with Gasteiger partial charge in [-0.05, 0) is 76.3 Å². The molecule has 0 amide bonds. The normalized spacial score (nSPS) is 16.8. The molecule has 0 aromatic carbocycles. The zero-order valence-corrected chi connectivity index (χ0v) is 41.4. The Morgan fingerprint density at radius 3 is 1.81 bits per heavy atom. The number of epoxide rings is 1. The van der Waals surface area contributed by atoms with Crippen LogP contribution < -0.4 is 4.89 Å². The molecule has 0 saturated carbocycles. The number of phosphoric acid groups is 1. The van der Waals surface area contributed by atoms with E-state index in [-0.39, 0.29) is 26.1 Å². The minimum atomic E-state index is -4.65. The number of hydrogen-bond acceptors (Lipinski definition) is 10. The summed E-state index contributed by atoms with van der Waals surface area (Å²) in [7, 11) is 1.13. The molecule has 0 aliphatic carbocycles. The summed E-state index contributed by atoms with van der Waals surface area (Å²) in [4.78, 5) is 37.8. The van der Waals surface area contributed by atoms with E-state index in [9.17, 15) is 19.0 Å². The Balaban J connectivity index is 1.59. The lowest BCUT2D eigenvalue weighted by Crippen LogP contribution is -2.37. The molecule has 0 radical (unpaired) electrons. The number of aryl methyl sites for hydroxylation is 2. The first-order chi connectivity index (χ1) is 29.7. The molecular weight excluding hydrogens is 806 g/mol. The van der Waals surface area contributed by atoms with E-state index >= 15 is 0 Å². The highest BCUT2D eigenvalue weighted by Gasteiger charge is 2.36. The minimum Gasteiger partial charge on any atom is -0.756 e. The van der Waals surface area contributed by atoms with Crippen molar-refractivity contribution in [2.75, 3.05) is 47.5 Å². The molecule has 0 bridgehead atoms. The van der Waals surface area contributed by atoms with Crippen molar-refractivity contribution < 1.29 is 51.2 Å².